The lowest BCUT2D eigenvalue weighted by atomic mass is 9.43. The van der Waals surface area contributed by atoms with Crippen LogP contribution in [0.25, 0.3) is 38.6 Å². The third-order valence-corrected chi connectivity index (χ3v) is 13.0. The van der Waals surface area contributed by atoms with Crippen molar-refractivity contribution < 1.29 is 9.31 Å². The van der Waals surface area contributed by atoms with Gasteiger partial charge in [-0.3, -0.25) is 0 Å². The van der Waals surface area contributed by atoms with Gasteiger partial charge in [-0.1, -0.05) is 60.7 Å². The van der Waals surface area contributed by atoms with Gasteiger partial charge in [-0.15, -0.1) is 0 Å². The molecule has 0 amide bonds. The van der Waals surface area contributed by atoms with Crippen LogP contribution in [0.3, 0.4) is 0 Å². The summed E-state index contributed by atoms with van der Waals surface area (Å²) >= 11 is 0. The van der Waals surface area contributed by atoms with Gasteiger partial charge < -0.3 is 13.9 Å². The summed E-state index contributed by atoms with van der Waals surface area (Å²) in [4.78, 5) is 0. The SMILES string of the molecule is CC1(C)OB(c2ccc3c(c2)c2ccccc2n3-c2ccc3c(c2)-c2ccccc2C32C3CC4CC(C3)CC2C4)OC1(C)C. The first-order valence-electron chi connectivity index (χ1n) is 16.9. The van der Waals surface area contributed by atoms with E-state index in [1.807, 2.05) is 0 Å². The summed E-state index contributed by atoms with van der Waals surface area (Å²) in [5.74, 6) is 3.49. The predicted molar refractivity (Wildman–Crippen MR) is 180 cm³/mol. The Balaban J connectivity index is 1.15. The number of benzene rings is 4. The zero-order chi connectivity index (χ0) is 29.6. The van der Waals surface area contributed by atoms with Gasteiger partial charge in [0, 0.05) is 21.9 Å². The molecule has 1 spiro atoms. The monoisotopic (exact) mass is 577 g/mol. The third kappa shape index (κ3) is 3.16. The van der Waals surface area contributed by atoms with Crippen LogP contribution < -0.4 is 5.46 Å². The van der Waals surface area contributed by atoms with Crippen molar-refractivity contribution in [2.24, 2.45) is 23.7 Å². The van der Waals surface area contributed by atoms with Gasteiger partial charge in [-0.2, -0.15) is 0 Å². The highest BCUT2D eigenvalue weighted by Gasteiger charge is 2.61. The third-order valence-electron chi connectivity index (χ3n) is 13.0. The van der Waals surface area contributed by atoms with E-state index >= 15 is 0 Å². The minimum Gasteiger partial charge on any atom is -0.399 e. The van der Waals surface area contributed by atoms with Crippen LogP contribution in [0.15, 0.2) is 84.9 Å². The van der Waals surface area contributed by atoms with Crippen molar-refractivity contribution >= 4 is 34.4 Å². The van der Waals surface area contributed by atoms with Crippen LogP contribution in [0, 0.1) is 23.7 Å². The lowest BCUT2D eigenvalue weighted by Crippen LogP contribution is -2.55. The fraction of sp³-hybridized carbons (Fsp3) is 0.400. The molecule has 2 heterocycles. The molecule has 4 heteroatoms. The molecule has 0 unspecified atom stereocenters. The van der Waals surface area contributed by atoms with Crippen LogP contribution in [0.2, 0.25) is 0 Å². The van der Waals surface area contributed by atoms with Gasteiger partial charge in [0.1, 0.15) is 0 Å². The molecule has 1 saturated heterocycles. The fourth-order valence-electron chi connectivity index (χ4n) is 10.7. The van der Waals surface area contributed by atoms with Crippen molar-refractivity contribution in [3.05, 3.63) is 96.1 Å². The summed E-state index contributed by atoms with van der Waals surface area (Å²) < 4.78 is 15.4. The molecular weight excluding hydrogens is 537 g/mol. The van der Waals surface area contributed by atoms with Crippen molar-refractivity contribution in [3.63, 3.8) is 0 Å². The largest absolute Gasteiger partial charge is 0.494 e. The minimum atomic E-state index is -0.375. The average molecular weight is 578 g/mol. The average Bonchev–Trinajstić information content (AvgIpc) is 3.57. The molecule has 4 aromatic carbocycles. The summed E-state index contributed by atoms with van der Waals surface area (Å²) in [6.45, 7) is 8.49. The second-order valence-corrected chi connectivity index (χ2v) is 15.7. The summed E-state index contributed by atoms with van der Waals surface area (Å²) in [5, 5.41) is 2.51. The molecule has 0 radical (unpaired) electrons. The maximum absolute atomic E-state index is 6.45. The first kappa shape index (κ1) is 25.9. The lowest BCUT2D eigenvalue weighted by molar-refractivity contribution is -0.0399. The molecule has 3 nitrogen and oxygen atoms in total. The molecule has 5 fully saturated rings. The topological polar surface area (TPSA) is 23.4 Å². The van der Waals surface area contributed by atoms with Crippen LogP contribution >= 0.6 is 0 Å². The Morgan fingerprint density at radius 2 is 1.25 bits per heavy atom. The van der Waals surface area contributed by atoms with E-state index in [9.17, 15) is 0 Å². The molecule has 4 bridgehead atoms. The van der Waals surface area contributed by atoms with Gasteiger partial charge in [0.15, 0.2) is 0 Å². The number of nitrogens with zero attached hydrogens (tertiary/aromatic N) is 1. The predicted octanol–water partition coefficient (Wildman–Crippen LogP) is 8.81. The molecular formula is C40H40BNO2. The summed E-state index contributed by atoms with van der Waals surface area (Å²) in [6, 6.07) is 32.5. The first-order chi connectivity index (χ1) is 21.2. The summed E-state index contributed by atoms with van der Waals surface area (Å²) in [7, 11) is -0.375. The Morgan fingerprint density at radius 1 is 0.614 bits per heavy atom. The molecule has 5 aliphatic carbocycles. The maximum atomic E-state index is 6.45. The highest BCUT2D eigenvalue weighted by Crippen LogP contribution is 2.69. The van der Waals surface area contributed by atoms with Gasteiger partial charge >= 0.3 is 7.12 Å². The molecule has 0 N–H and O–H groups in total. The van der Waals surface area contributed by atoms with Crippen LogP contribution in [0.4, 0.5) is 0 Å². The van der Waals surface area contributed by atoms with Crippen LogP contribution in [0.1, 0.15) is 70.9 Å². The summed E-state index contributed by atoms with van der Waals surface area (Å²) in [5.41, 5.74) is 10.4. The van der Waals surface area contributed by atoms with E-state index in [0.717, 1.165) is 29.1 Å². The lowest BCUT2D eigenvalue weighted by Gasteiger charge is -2.61. The van der Waals surface area contributed by atoms with Gasteiger partial charge in [-0.25, -0.2) is 0 Å². The van der Waals surface area contributed by atoms with E-state index in [-0.39, 0.29) is 23.7 Å². The van der Waals surface area contributed by atoms with Crippen LogP contribution in [-0.4, -0.2) is 22.9 Å². The molecule has 1 aliphatic heterocycles. The van der Waals surface area contributed by atoms with Crippen molar-refractivity contribution in [1.82, 2.24) is 4.57 Å². The Bertz CT molecular complexity index is 1970. The quantitative estimate of drug-likeness (QED) is 0.196. The Morgan fingerprint density at radius 3 is 2.00 bits per heavy atom. The van der Waals surface area contributed by atoms with Gasteiger partial charge in [-0.05, 0) is 135 Å². The fourth-order valence-corrected chi connectivity index (χ4v) is 10.7. The standard InChI is InChI=1S/C40H40BNO2/c1-38(2)39(3,4)44-41(43-38)28-13-16-37-33(22-28)31-10-6-8-12-36(31)42(37)29-14-15-35-32(23-29)30-9-5-7-11-34(30)40(35)26-18-24-17-25(20-26)21-27(40)19-24/h5-16,22-27H,17-21H2,1-4H3. The Labute approximate surface area is 260 Å². The molecule has 1 aromatic heterocycles. The van der Waals surface area contributed by atoms with Gasteiger partial charge in [0.05, 0.1) is 22.2 Å². The second kappa shape index (κ2) is 8.47. The number of rotatable bonds is 2. The van der Waals surface area contributed by atoms with Gasteiger partial charge in [0.25, 0.3) is 0 Å². The molecule has 44 heavy (non-hydrogen) atoms. The molecule has 6 aliphatic rings. The number of hydrogen-bond donors (Lipinski definition) is 0. The maximum Gasteiger partial charge on any atom is 0.494 e. The normalized spacial score (nSPS) is 30.5. The zero-order valence-corrected chi connectivity index (χ0v) is 26.3. The minimum absolute atomic E-state index is 0.205. The molecule has 5 aromatic rings. The number of para-hydroxylation sites is 1. The number of fused-ring (bicyclic) bond motifs is 6. The van der Waals surface area contributed by atoms with E-state index in [4.69, 9.17) is 9.31 Å². The molecule has 4 saturated carbocycles. The van der Waals surface area contributed by atoms with E-state index in [1.54, 1.807) is 11.1 Å². The van der Waals surface area contributed by atoms with E-state index < -0.39 is 0 Å². The van der Waals surface area contributed by atoms with E-state index in [1.165, 1.54) is 70.7 Å². The van der Waals surface area contributed by atoms with E-state index in [2.05, 4.69) is 117 Å². The van der Waals surface area contributed by atoms with Crippen molar-refractivity contribution in [2.45, 2.75) is 76.4 Å². The smallest absolute Gasteiger partial charge is 0.399 e. The highest BCUT2D eigenvalue weighted by molar-refractivity contribution is 6.62. The Kier molecular flexibility index (Phi) is 4.99. The number of hydrogen-bond acceptors (Lipinski definition) is 2. The van der Waals surface area contributed by atoms with Crippen molar-refractivity contribution in [1.29, 1.82) is 0 Å². The first-order valence-corrected chi connectivity index (χ1v) is 16.9. The molecule has 11 rings (SSSR count). The molecule has 0 atom stereocenters. The van der Waals surface area contributed by atoms with Crippen molar-refractivity contribution in [3.8, 4) is 16.8 Å². The summed E-state index contributed by atoms with van der Waals surface area (Å²) in [6.07, 6.45) is 7.16. The van der Waals surface area contributed by atoms with Crippen LogP contribution in [-0.2, 0) is 14.7 Å². The Hall–Kier alpha value is -3.34. The number of aromatic nitrogens is 1. The van der Waals surface area contributed by atoms with Crippen LogP contribution in [0.5, 0.6) is 0 Å². The van der Waals surface area contributed by atoms with Gasteiger partial charge in [0.2, 0.25) is 0 Å². The molecule has 220 valence electrons. The zero-order valence-electron chi connectivity index (χ0n) is 26.3. The highest BCUT2D eigenvalue weighted by atomic mass is 16.7. The van der Waals surface area contributed by atoms with E-state index in [0.29, 0.717) is 0 Å². The second-order valence-electron chi connectivity index (χ2n) is 15.7. The van der Waals surface area contributed by atoms with Crippen molar-refractivity contribution in [2.75, 3.05) is 0 Å².